The van der Waals surface area contributed by atoms with Crippen molar-refractivity contribution in [2.45, 2.75) is 38.1 Å². The molecule has 1 aromatic carbocycles. The van der Waals surface area contributed by atoms with E-state index in [1.807, 2.05) is 37.5 Å². The number of benzene rings is 1. The molecular weight excluding hydrogens is 346 g/mol. The quantitative estimate of drug-likeness (QED) is 0.629. The topological polar surface area (TPSA) is 63.2 Å². The summed E-state index contributed by atoms with van der Waals surface area (Å²) in [5.74, 6) is -0.365. The number of nitrogens with zero attached hydrogens (tertiary/aromatic N) is 1. The summed E-state index contributed by atoms with van der Waals surface area (Å²) >= 11 is 5.59. The maximum atomic E-state index is 11.8. The number of pyridine rings is 1. The molecule has 0 radical (unpaired) electrons. The fourth-order valence-corrected chi connectivity index (χ4v) is 3.81. The number of carbonyl (C=O) groups is 1. The van der Waals surface area contributed by atoms with Crippen molar-refractivity contribution in [2.24, 2.45) is 0 Å². The van der Waals surface area contributed by atoms with E-state index in [2.05, 4.69) is 15.6 Å². The number of hydrogen-bond acceptors (Lipinski definition) is 4. The van der Waals surface area contributed by atoms with Gasteiger partial charge in [-0.3, -0.25) is 4.98 Å². The summed E-state index contributed by atoms with van der Waals surface area (Å²) in [6, 6.07) is 9.49. The van der Waals surface area contributed by atoms with Gasteiger partial charge in [-0.15, -0.1) is 0 Å². The molecule has 1 heterocycles. The highest BCUT2D eigenvalue weighted by atomic mass is 32.1. The molecule has 0 aliphatic heterocycles. The van der Waals surface area contributed by atoms with Gasteiger partial charge in [0.05, 0.1) is 18.2 Å². The molecule has 1 fully saturated rings. The van der Waals surface area contributed by atoms with Gasteiger partial charge < -0.3 is 15.4 Å². The van der Waals surface area contributed by atoms with E-state index >= 15 is 0 Å². The van der Waals surface area contributed by atoms with Crippen LogP contribution in [0.3, 0.4) is 0 Å². The Balaban J connectivity index is 1.79. The molecule has 2 aromatic rings. The van der Waals surface area contributed by atoms with Crippen molar-refractivity contribution in [1.82, 2.24) is 10.3 Å². The molecule has 26 heavy (non-hydrogen) atoms. The lowest BCUT2D eigenvalue weighted by Crippen LogP contribution is -2.45. The van der Waals surface area contributed by atoms with E-state index in [4.69, 9.17) is 17.0 Å². The highest BCUT2D eigenvalue weighted by Gasteiger charge is 2.36. The fraction of sp³-hybridized carbons (Fsp3) is 0.350. The van der Waals surface area contributed by atoms with Crippen molar-refractivity contribution in [3.63, 3.8) is 0 Å². The molecule has 1 aromatic heterocycles. The minimum absolute atomic E-state index is 0.166. The number of thiocarbonyl (C=S) groups is 1. The SMILES string of the molecule is COC(=O)c1ccc(C)c(NC(=S)NC2(c3ccncc3)CCCC2)c1. The van der Waals surface area contributed by atoms with Gasteiger partial charge in [-0.05, 0) is 67.4 Å². The Morgan fingerprint density at radius 1 is 1.19 bits per heavy atom. The summed E-state index contributed by atoms with van der Waals surface area (Å²) in [5, 5.41) is 7.32. The number of carbonyl (C=O) groups excluding carboxylic acids is 1. The Kier molecular flexibility index (Phi) is 5.52. The van der Waals surface area contributed by atoms with Crippen LogP contribution in [0, 0.1) is 6.92 Å². The first kappa shape index (κ1) is 18.3. The average molecular weight is 369 g/mol. The van der Waals surface area contributed by atoms with E-state index in [1.54, 1.807) is 12.1 Å². The number of esters is 1. The summed E-state index contributed by atoms with van der Waals surface area (Å²) in [7, 11) is 1.38. The van der Waals surface area contributed by atoms with Crippen molar-refractivity contribution < 1.29 is 9.53 Å². The second kappa shape index (κ2) is 7.83. The molecule has 3 rings (SSSR count). The van der Waals surface area contributed by atoms with Crippen LogP contribution >= 0.6 is 12.2 Å². The smallest absolute Gasteiger partial charge is 0.337 e. The summed E-state index contributed by atoms with van der Waals surface area (Å²) in [4.78, 5) is 15.9. The standard InChI is InChI=1S/C20H23N3O2S/c1-14-5-6-15(18(24)25-2)13-17(14)22-19(26)23-20(9-3-4-10-20)16-7-11-21-12-8-16/h5-8,11-13H,3-4,9-10H2,1-2H3,(H2,22,23,26). The van der Waals surface area contributed by atoms with Gasteiger partial charge in [0.25, 0.3) is 0 Å². The summed E-state index contributed by atoms with van der Waals surface area (Å²) < 4.78 is 4.80. The minimum atomic E-state index is -0.365. The third-order valence-electron chi connectivity index (χ3n) is 4.95. The lowest BCUT2D eigenvalue weighted by Gasteiger charge is -2.32. The van der Waals surface area contributed by atoms with Crippen molar-refractivity contribution in [3.8, 4) is 0 Å². The number of aryl methyl sites for hydroxylation is 1. The average Bonchev–Trinajstić information content (AvgIpc) is 3.13. The van der Waals surface area contributed by atoms with Gasteiger partial charge in [0.15, 0.2) is 5.11 Å². The first-order valence-corrected chi connectivity index (χ1v) is 9.13. The van der Waals surface area contributed by atoms with Crippen LogP contribution in [-0.4, -0.2) is 23.2 Å². The lowest BCUT2D eigenvalue weighted by atomic mass is 9.89. The van der Waals surface area contributed by atoms with Gasteiger partial charge in [-0.2, -0.15) is 0 Å². The van der Waals surface area contributed by atoms with Crippen LogP contribution in [0.5, 0.6) is 0 Å². The Morgan fingerprint density at radius 2 is 1.88 bits per heavy atom. The number of rotatable bonds is 4. The maximum Gasteiger partial charge on any atom is 0.337 e. The predicted molar refractivity (Wildman–Crippen MR) is 106 cm³/mol. The minimum Gasteiger partial charge on any atom is -0.465 e. The van der Waals surface area contributed by atoms with E-state index in [0.717, 1.165) is 36.9 Å². The molecule has 5 nitrogen and oxygen atoms in total. The van der Waals surface area contributed by atoms with Crippen LogP contribution in [0.25, 0.3) is 0 Å². The van der Waals surface area contributed by atoms with E-state index in [9.17, 15) is 4.79 Å². The van der Waals surface area contributed by atoms with Gasteiger partial charge in [-0.25, -0.2) is 4.79 Å². The molecule has 0 spiro atoms. The Morgan fingerprint density at radius 3 is 2.54 bits per heavy atom. The molecule has 1 aliphatic carbocycles. The molecular formula is C20H23N3O2S. The van der Waals surface area contributed by atoms with Crippen molar-refractivity contribution in [2.75, 3.05) is 12.4 Å². The molecule has 6 heteroatoms. The Hall–Kier alpha value is -2.47. The normalized spacial score (nSPS) is 15.3. The van der Waals surface area contributed by atoms with Crippen LogP contribution in [0.1, 0.15) is 47.2 Å². The zero-order valence-corrected chi connectivity index (χ0v) is 15.9. The number of aromatic nitrogens is 1. The monoisotopic (exact) mass is 369 g/mol. The van der Waals surface area contributed by atoms with Gasteiger partial charge in [0.2, 0.25) is 0 Å². The molecule has 1 saturated carbocycles. The zero-order valence-electron chi connectivity index (χ0n) is 15.0. The number of anilines is 1. The molecule has 0 amide bonds. The molecule has 0 unspecified atom stereocenters. The molecule has 2 N–H and O–H groups in total. The van der Waals surface area contributed by atoms with Crippen LogP contribution in [-0.2, 0) is 10.3 Å². The third kappa shape index (κ3) is 3.85. The second-order valence-electron chi connectivity index (χ2n) is 6.63. The van der Waals surface area contributed by atoms with Crippen molar-refractivity contribution >= 4 is 29.0 Å². The van der Waals surface area contributed by atoms with E-state index in [-0.39, 0.29) is 11.5 Å². The zero-order chi connectivity index (χ0) is 18.6. The van der Waals surface area contributed by atoms with E-state index in [1.165, 1.54) is 12.7 Å². The van der Waals surface area contributed by atoms with Crippen LogP contribution in [0.2, 0.25) is 0 Å². The van der Waals surface area contributed by atoms with Crippen molar-refractivity contribution in [1.29, 1.82) is 0 Å². The van der Waals surface area contributed by atoms with E-state index < -0.39 is 0 Å². The van der Waals surface area contributed by atoms with Crippen LogP contribution < -0.4 is 10.6 Å². The third-order valence-corrected chi connectivity index (χ3v) is 5.15. The molecule has 0 atom stereocenters. The molecule has 136 valence electrons. The second-order valence-corrected chi connectivity index (χ2v) is 7.03. The molecule has 0 bridgehead atoms. The van der Waals surface area contributed by atoms with Gasteiger partial charge in [0.1, 0.15) is 0 Å². The van der Waals surface area contributed by atoms with Gasteiger partial charge in [0, 0.05) is 18.1 Å². The van der Waals surface area contributed by atoms with Crippen molar-refractivity contribution in [3.05, 3.63) is 59.4 Å². The first-order valence-electron chi connectivity index (χ1n) is 8.73. The predicted octanol–water partition coefficient (Wildman–Crippen LogP) is 3.93. The fourth-order valence-electron chi connectivity index (χ4n) is 3.51. The number of ether oxygens (including phenoxy) is 1. The van der Waals surface area contributed by atoms with Gasteiger partial charge >= 0.3 is 5.97 Å². The first-order chi connectivity index (χ1) is 12.5. The molecule has 0 saturated heterocycles. The Bertz CT molecular complexity index is 802. The highest BCUT2D eigenvalue weighted by molar-refractivity contribution is 7.80. The summed E-state index contributed by atoms with van der Waals surface area (Å²) in [6.45, 7) is 1.97. The summed E-state index contributed by atoms with van der Waals surface area (Å²) in [5.41, 5.74) is 3.34. The number of methoxy groups -OCH3 is 1. The van der Waals surface area contributed by atoms with Crippen LogP contribution in [0.4, 0.5) is 5.69 Å². The van der Waals surface area contributed by atoms with Gasteiger partial charge in [-0.1, -0.05) is 18.9 Å². The van der Waals surface area contributed by atoms with E-state index in [0.29, 0.717) is 10.7 Å². The number of hydrogen-bond donors (Lipinski definition) is 2. The molecule has 1 aliphatic rings. The number of nitrogens with one attached hydrogen (secondary N) is 2. The highest BCUT2D eigenvalue weighted by Crippen LogP contribution is 2.38. The lowest BCUT2D eigenvalue weighted by molar-refractivity contribution is 0.0601. The van der Waals surface area contributed by atoms with Crippen LogP contribution in [0.15, 0.2) is 42.7 Å². The largest absolute Gasteiger partial charge is 0.465 e. The maximum absolute atomic E-state index is 11.8. The summed E-state index contributed by atoms with van der Waals surface area (Å²) in [6.07, 6.45) is 8.01. The Labute approximate surface area is 159 Å².